The molecule has 0 fully saturated rings. The first-order chi connectivity index (χ1) is 7.97. The van der Waals surface area contributed by atoms with Crippen molar-refractivity contribution < 1.29 is 5.11 Å². The molecular weight excluding hydrogens is 234 g/mol. The molecule has 2 nitrogen and oxygen atoms in total. The Kier molecular flexibility index (Phi) is 5.29. The molecule has 0 aliphatic carbocycles. The minimum atomic E-state index is -0.472. The maximum absolute atomic E-state index is 9.50. The molecule has 1 N–H and O–H groups in total. The van der Waals surface area contributed by atoms with Crippen LogP contribution in [0.4, 0.5) is 5.69 Å². The molecule has 0 heterocycles. The topological polar surface area (TPSA) is 23.5 Å². The molecule has 17 heavy (non-hydrogen) atoms. The summed E-state index contributed by atoms with van der Waals surface area (Å²) in [6.45, 7) is 6.12. The summed E-state index contributed by atoms with van der Waals surface area (Å²) in [6.07, 6.45) is 1.83. The average molecular weight is 256 g/mol. The third-order valence-corrected chi connectivity index (χ3v) is 3.50. The second-order valence-electron chi connectivity index (χ2n) is 4.64. The van der Waals surface area contributed by atoms with Gasteiger partial charge < -0.3 is 10.0 Å². The first-order valence-electron chi connectivity index (χ1n) is 6.17. The van der Waals surface area contributed by atoms with Crippen molar-refractivity contribution in [1.29, 1.82) is 0 Å². The molecule has 2 atom stereocenters. The number of hydrogen-bond acceptors (Lipinski definition) is 2. The summed E-state index contributed by atoms with van der Waals surface area (Å²) in [7, 11) is 2.06. The Bertz CT molecular complexity index is 365. The summed E-state index contributed by atoms with van der Waals surface area (Å²) in [4.78, 5) is 2.19. The summed E-state index contributed by atoms with van der Waals surface area (Å²) in [5.41, 5.74) is 1.88. The molecule has 96 valence electrons. The lowest BCUT2D eigenvalue weighted by atomic mass is 10.1. The van der Waals surface area contributed by atoms with Crippen LogP contribution in [0.25, 0.3) is 0 Å². The van der Waals surface area contributed by atoms with Crippen LogP contribution in [-0.4, -0.2) is 18.2 Å². The van der Waals surface area contributed by atoms with Crippen molar-refractivity contribution >= 4 is 17.3 Å². The molecule has 0 aromatic heterocycles. The number of benzene rings is 1. The lowest BCUT2D eigenvalue weighted by Crippen LogP contribution is -2.28. The van der Waals surface area contributed by atoms with Gasteiger partial charge in [0.05, 0.1) is 16.8 Å². The highest BCUT2D eigenvalue weighted by atomic mass is 35.5. The summed E-state index contributed by atoms with van der Waals surface area (Å²) >= 11 is 6.26. The smallest absolute Gasteiger partial charge is 0.0762 e. The van der Waals surface area contributed by atoms with Gasteiger partial charge in [0.1, 0.15) is 0 Å². The van der Waals surface area contributed by atoms with Gasteiger partial charge in [0.2, 0.25) is 0 Å². The lowest BCUT2D eigenvalue weighted by molar-refractivity contribution is 0.199. The third-order valence-electron chi connectivity index (χ3n) is 3.20. The quantitative estimate of drug-likeness (QED) is 0.859. The molecule has 0 saturated heterocycles. The van der Waals surface area contributed by atoms with Gasteiger partial charge in [-0.1, -0.05) is 31.0 Å². The number of halogens is 1. The zero-order valence-corrected chi connectivity index (χ0v) is 11.8. The molecule has 0 amide bonds. The van der Waals surface area contributed by atoms with Crippen LogP contribution in [0, 0.1) is 0 Å². The van der Waals surface area contributed by atoms with Crippen molar-refractivity contribution in [3.8, 4) is 0 Å². The van der Waals surface area contributed by atoms with Gasteiger partial charge in [-0.05, 0) is 38.0 Å². The van der Waals surface area contributed by atoms with Crippen LogP contribution in [0.15, 0.2) is 18.2 Å². The second-order valence-corrected chi connectivity index (χ2v) is 5.04. The molecular formula is C14H22ClNO. The van der Waals surface area contributed by atoms with Gasteiger partial charge in [-0.3, -0.25) is 0 Å². The molecule has 1 rings (SSSR count). The summed E-state index contributed by atoms with van der Waals surface area (Å²) in [5, 5.41) is 10.2. The molecule has 0 bridgehead atoms. The van der Waals surface area contributed by atoms with Crippen molar-refractivity contribution in [1.82, 2.24) is 0 Å². The maximum Gasteiger partial charge on any atom is 0.0762 e. The molecule has 0 saturated carbocycles. The zero-order chi connectivity index (χ0) is 13.0. The highest BCUT2D eigenvalue weighted by Crippen LogP contribution is 2.30. The van der Waals surface area contributed by atoms with Crippen molar-refractivity contribution in [2.24, 2.45) is 0 Å². The summed E-state index contributed by atoms with van der Waals surface area (Å²) in [6, 6.07) is 6.23. The summed E-state index contributed by atoms with van der Waals surface area (Å²) < 4.78 is 0. The van der Waals surface area contributed by atoms with E-state index in [2.05, 4.69) is 25.8 Å². The number of rotatable bonds is 5. The van der Waals surface area contributed by atoms with Crippen LogP contribution in [0.2, 0.25) is 5.02 Å². The standard InChI is InChI=1S/C14H22ClNO/c1-5-6-10(2)16(4)14-8-7-12(11(3)17)9-13(14)15/h7-11,17H,5-6H2,1-4H3. The first kappa shape index (κ1) is 14.3. The Morgan fingerprint density at radius 3 is 2.47 bits per heavy atom. The Balaban J connectivity index is 2.91. The first-order valence-corrected chi connectivity index (χ1v) is 6.55. The molecule has 0 aliphatic rings. The van der Waals surface area contributed by atoms with E-state index in [1.807, 2.05) is 18.2 Å². The Hall–Kier alpha value is -0.730. The normalized spacial score (nSPS) is 14.5. The van der Waals surface area contributed by atoms with E-state index in [1.165, 1.54) is 0 Å². The molecule has 1 aromatic rings. The monoisotopic (exact) mass is 255 g/mol. The van der Waals surface area contributed by atoms with Crippen LogP contribution in [0.1, 0.15) is 45.3 Å². The number of hydrogen-bond donors (Lipinski definition) is 1. The number of nitrogens with zero attached hydrogens (tertiary/aromatic N) is 1. The largest absolute Gasteiger partial charge is 0.389 e. The Morgan fingerprint density at radius 1 is 1.35 bits per heavy atom. The van der Waals surface area contributed by atoms with E-state index in [4.69, 9.17) is 11.6 Å². The molecule has 0 spiro atoms. The predicted molar refractivity (Wildman–Crippen MR) is 74.9 cm³/mol. The summed E-state index contributed by atoms with van der Waals surface area (Å²) in [5.74, 6) is 0. The van der Waals surface area contributed by atoms with E-state index < -0.39 is 6.10 Å². The fourth-order valence-electron chi connectivity index (χ4n) is 1.92. The van der Waals surface area contributed by atoms with E-state index >= 15 is 0 Å². The third kappa shape index (κ3) is 3.62. The van der Waals surface area contributed by atoms with Gasteiger partial charge in [0, 0.05) is 13.1 Å². The highest BCUT2D eigenvalue weighted by molar-refractivity contribution is 6.33. The number of aliphatic hydroxyl groups excluding tert-OH is 1. The SMILES string of the molecule is CCCC(C)N(C)c1ccc(C(C)O)cc1Cl. The fourth-order valence-corrected chi connectivity index (χ4v) is 2.24. The van der Waals surface area contributed by atoms with Crippen molar-refractivity contribution in [3.63, 3.8) is 0 Å². The van der Waals surface area contributed by atoms with E-state index in [0.717, 1.165) is 24.1 Å². The van der Waals surface area contributed by atoms with E-state index in [1.54, 1.807) is 6.92 Å². The van der Waals surface area contributed by atoms with E-state index in [0.29, 0.717) is 11.1 Å². The van der Waals surface area contributed by atoms with E-state index in [-0.39, 0.29) is 0 Å². The minimum absolute atomic E-state index is 0.467. The Morgan fingerprint density at radius 2 is 2.00 bits per heavy atom. The van der Waals surface area contributed by atoms with Crippen LogP contribution < -0.4 is 4.90 Å². The molecule has 2 unspecified atom stereocenters. The van der Waals surface area contributed by atoms with Crippen molar-refractivity contribution in [2.45, 2.75) is 45.8 Å². The van der Waals surface area contributed by atoms with Crippen LogP contribution >= 0.6 is 11.6 Å². The van der Waals surface area contributed by atoms with Gasteiger partial charge in [0.25, 0.3) is 0 Å². The highest BCUT2D eigenvalue weighted by Gasteiger charge is 2.13. The molecule has 3 heteroatoms. The average Bonchev–Trinajstić information content (AvgIpc) is 2.28. The predicted octanol–water partition coefficient (Wildman–Crippen LogP) is 4.02. The van der Waals surface area contributed by atoms with Crippen LogP contribution in [0.3, 0.4) is 0 Å². The second kappa shape index (κ2) is 6.27. The van der Waals surface area contributed by atoms with Gasteiger partial charge >= 0.3 is 0 Å². The van der Waals surface area contributed by atoms with Crippen LogP contribution in [0.5, 0.6) is 0 Å². The number of anilines is 1. The lowest BCUT2D eigenvalue weighted by Gasteiger charge is -2.28. The van der Waals surface area contributed by atoms with Gasteiger partial charge in [-0.25, -0.2) is 0 Å². The number of aliphatic hydroxyl groups is 1. The molecule has 0 radical (unpaired) electrons. The van der Waals surface area contributed by atoms with Crippen molar-refractivity contribution in [2.75, 3.05) is 11.9 Å². The maximum atomic E-state index is 9.50. The minimum Gasteiger partial charge on any atom is -0.389 e. The van der Waals surface area contributed by atoms with Gasteiger partial charge in [-0.15, -0.1) is 0 Å². The van der Waals surface area contributed by atoms with Crippen LogP contribution in [-0.2, 0) is 0 Å². The van der Waals surface area contributed by atoms with Gasteiger partial charge in [-0.2, -0.15) is 0 Å². The van der Waals surface area contributed by atoms with Gasteiger partial charge in [0.15, 0.2) is 0 Å². The zero-order valence-electron chi connectivity index (χ0n) is 11.1. The fraction of sp³-hybridized carbons (Fsp3) is 0.571. The van der Waals surface area contributed by atoms with Crippen molar-refractivity contribution in [3.05, 3.63) is 28.8 Å². The van der Waals surface area contributed by atoms with E-state index in [9.17, 15) is 5.11 Å². The molecule has 0 aliphatic heterocycles. The molecule has 1 aromatic carbocycles. The Labute approximate surface area is 109 Å².